The number of amides is 1. The molecule has 0 aliphatic carbocycles. The smallest absolute Gasteiger partial charge is 0.341 e. The number of hydrogen-bond acceptors (Lipinski definition) is 4. The topological polar surface area (TPSA) is 92.5 Å². The number of piperidine rings is 1. The molecule has 0 radical (unpaired) electrons. The van der Waals surface area contributed by atoms with E-state index < -0.39 is 33.6 Å². The van der Waals surface area contributed by atoms with Crippen LogP contribution in [-0.4, -0.2) is 51.1 Å². The highest BCUT2D eigenvalue weighted by Crippen LogP contribution is 2.28. The van der Waals surface area contributed by atoms with Crippen LogP contribution in [0.25, 0.3) is 0 Å². The first-order valence-electron chi connectivity index (χ1n) is 7.87. The van der Waals surface area contributed by atoms with E-state index in [0.29, 0.717) is 30.4 Å². The van der Waals surface area contributed by atoms with Gasteiger partial charge in [-0.1, -0.05) is 15.9 Å². The van der Waals surface area contributed by atoms with E-state index in [-0.39, 0.29) is 18.0 Å². The summed E-state index contributed by atoms with van der Waals surface area (Å²) in [6, 6.07) is 3.24. The summed E-state index contributed by atoms with van der Waals surface area (Å²) in [6.45, 7) is 0.577. The number of nitrogens with two attached hydrogens (primary N) is 1. The summed E-state index contributed by atoms with van der Waals surface area (Å²) in [5.74, 6) is -0.216. The molecule has 1 aromatic carbocycles. The first kappa shape index (κ1) is 21.1. The minimum Gasteiger partial charge on any atom is -0.341 e. The zero-order valence-corrected chi connectivity index (χ0v) is 16.1. The van der Waals surface area contributed by atoms with Crippen LogP contribution in [0.3, 0.4) is 0 Å². The van der Waals surface area contributed by atoms with E-state index in [1.807, 2.05) is 0 Å². The van der Waals surface area contributed by atoms with Crippen LogP contribution in [-0.2, 0) is 21.2 Å². The Balaban J connectivity index is 2.15. The molecule has 0 saturated carbocycles. The first-order chi connectivity index (χ1) is 12.0. The third kappa shape index (κ3) is 5.66. The molecule has 6 nitrogen and oxygen atoms in total. The Morgan fingerprint density at radius 3 is 2.46 bits per heavy atom. The number of nitrogens with zero attached hydrogens (tertiary/aromatic N) is 1. The molecule has 1 aliphatic rings. The van der Waals surface area contributed by atoms with Gasteiger partial charge in [-0.3, -0.25) is 4.79 Å². The summed E-state index contributed by atoms with van der Waals surface area (Å²) in [4.78, 5) is 12.7. The molecule has 1 fully saturated rings. The molecular formula is C15H19BrF3N3O3S. The largest absolute Gasteiger partial charge is 0.393 e. The maximum atomic E-state index is 12.8. The van der Waals surface area contributed by atoms with Gasteiger partial charge >= 0.3 is 6.18 Å². The third-order valence-corrected chi connectivity index (χ3v) is 6.16. The molecule has 0 spiro atoms. The van der Waals surface area contributed by atoms with Crippen LogP contribution in [0, 0.1) is 0 Å². The van der Waals surface area contributed by atoms with E-state index in [1.165, 1.54) is 6.07 Å². The zero-order valence-electron chi connectivity index (χ0n) is 13.7. The predicted molar refractivity (Wildman–Crippen MR) is 92.9 cm³/mol. The Morgan fingerprint density at radius 1 is 1.31 bits per heavy atom. The summed E-state index contributed by atoms with van der Waals surface area (Å²) in [5.41, 5.74) is 4.97. The van der Waals surface area contributed by atoms with Crippen molar-refractivity contribution >= 4 is 31.9 Å². The molecular weight excluding hydrogens is 439 g/mol. The second kappa shape index (κ2) is 8.24. The van der Waals surface area contributed by atoms with Gasteiger partial charge in [0.25, 0.3) is 0 Å². The standard InChI is InChI=1S/C15H19BrF3N3O3S/c16-11-1-2-13(10(7-11)8-15(17,18)19)26(24,25)21-12-3-5-22(6-4-12)14(23)9-20/h1-2,7,12,21H,3-6,8-9,20H2. The van der Waals surface area contributed by atoms with E-state index in [0.717, 1.165) is 12.1 Å². The minimum absolute atomic E-state index is 0.115. The lowest BCUT2D eigenvalue weighted by molar-refractivity contribution is -0.130. The van der Waals surface area contributed by atoms with Gasteiger partial charge in [-0.2, -0.15) is 13.2 Å². The van der Waals surface area contributed by atoms with Gasteiger partial charge in [0.1, 0.15) is 0 Å². The molecule has 1 heterocycles. The van der Waals surface area contributed by atoms with Crippen molar-refractivity contribution in [3.05, 3.63) is 28.2 Å². The molecule has 1 aromatic rings. The molecule has 2 rings (SSSR count). The van der Waals surface area contributed by atoms with Gasteiger partial charge in [0.15, 0.2) is 0 Å². The van der Waals surface area contributed by atoms with Crippen molar-refractivity contribution in [1.29, 1.82) is 0 Å². The average Bonchev–Trinajstić information content (AvgIpc) is 2.52. The van der Waals surface area contributed by atoms with Crippen LogP contribution in [0.15, 0.2) is 27.6 Å². The number of carbonyl (C=O) groups is 1. The number of nitrogens with one attached hydrogen (secondary N) is 1. The molecule has 0 aromatic heterocycles. The van der Waals surface area contributed by atoms with Gasteiger partial charge in [-0.25, -0.2) is 13.1 Å². The number of sulfonamides is 1. The number of halogens is 4. The monoisotopic (exact) mass is 457 g/mol. The van der Waals surface area contributed by atoms with Crippen molar-refractivity contribution in [3.8, 4) is 0 Å². The van der Waals surface area contributed by atoms with E-state index in [1.54, 1.807) is 4.90 Å². The molecule has 26 heavy (non-hydrogen) atoms. The summed E-state index contributed by atoms with van der Waals surface area (Å²) in [6.07, 6.45) is -5.13. The summed E-state index contributed by atoms with van der Waals surface area (Å²) < 4.78 is 66.3. The quantitative estimate of drug-likeness (QED) is 0.704. The molecule has 1 aliphatic heterocycles. The van der Waals surface area contributed by atoms with Gasteiger partial charge in [-0.05, 0) is 36.6 Å². The number of likely N-dealkylation sites (tertiary alicyclic amines) is 1. The normalized spacial score (nSPS) is 16.7. The van der Waals surface area contributed by atoms with Gasteiger partial charge < -0.3 is 10.6 Å². The van der Waals surface area contributed by atoms with Crippen molar-refractivity contribution in [2.45, 2.75) is 36.4 Å². The molecule has 1 amide bonds. The maximum absolute atomic E-state index is 12.8. The summed E-state index contributed by atoms with van der Waals surface area (Å²) in [5, 5.41) is 0. The highest BCUT2D eigenvalue weighted by molar-refractivity contribution is 9.10. The maximum Gasteiger partial charge on any atom is 0.393 e. The molecule has 11 heteroatoms. The van der Waals surface area contributed by atoms with Crippen LogP contribution >= 0.6 is 15.9 Å². The molecule has 0 unspecified atom stereocenters. The van der Waals surface area contributed by atoms with E-state index in [9.17, 15) is 26.4 Å². The average molecular weight is 458 g/mol. The first-order valence-corrected chi connectivity index (χ1v) is 10.1. The van der Waals surface area contributed by atoms with Crippen LogP contribution in [0.5, 0.6) is 0 Å². The highest BCUT2D eigenvalue weighted by atomic mass is 79.9. The van der Waals surface area contributed by atoms with Crippen LogP contribution in [0.1, 0.15) is 18.4 Å². The van der Waals surface area contributed by atoms with Gasteiger partial charge in [0, 0.05) is 23.6 Å². The highest BCUT2D eigenvalue weighted by Gasteiger charge is 2.33. The lowest BCUT2D eigenvalue weighted by atomic mass is 10.1. The SMILES string of the molecule is NCC(=O)N1CCC(NS(=O)(=O)c2ccc(Br)cc2CC(F)(F)F)CC1. The fraction of sp³-hybridized carbons (Fsp3) is 0.533. The number of benzene rings is 1. The number of alkyl halides is 3. The van der Waals surface area contributed by atoms with Crippen LogP contribution in [0.2, 0.25) is 0 Å². The Bertz CT molecular complexity index is 763. The molecule has 0 bridgehead atoms. The Kier molecular flexibility index (Phi) is 6.70. The summed E-state index contributed by atoms with van der Waals surface area (Å²) >= 11 is 3.07. The number of rotatable bonds is 5. The molecule has 3 N–H and O–H groups in total. The zero-order chi connectivity index (χ0) is 19.5. The fourth-order valence-corrected chi connectivity index (χ4v) is 4.76. The Hall–Kier alpha value is -1.17. The second-order valence-electron chi connectivity index (χ2n) is 6.02. The van der Waals surface area contributed by atoms with Crippen molar-refractivity contribution in [2.24, 2.45) is 5.73 Å². The van der Waals surface area contributed by atoms with Gasteiger partial charge in [0.05, 0.1) is 17.9 Å². The van der Waals surface area contributed by atoms with Gasteiger partial charge in [0.2, 0.25) is 15.9 Å². The fourth-order valence-electron chi connectivity index (χ4n) is 2.82. The summed E-state index contributed by atoms with van der Waals surface area (Å²) in [7, 11) is -4.12. The molecule has 1 saturated heterocycles. The minimum atomic E-state index is -4.53. The van der Waals surface area contributed by atoms with E-state index >= 15 is 0 Å². The van der Waals surface area contributed by atoms with E-state index in [2.05, 4.69) is 20.7 Å². The van der Waals surface area contributed by atoms with E-state index in [4.69, 9.17) is 5.73 Å². The van der Waals surface area contributed by atoms with Crippen LogP contribution < -0.4 is 10.5 Å². The number of carbonyl (C=O) groups excluding carboxylic acids is 1. The Labute approximate surface area is 158 Å². The lowest BCUT2D eigenvalue weighted by Gasteiger charge is -2.32. The van der Waals surface area contributed by atoms with Crippen molar-refractivity contribution < 1.29 is 26.4 Å². The third-order valence-electron chi connectivity index (χ3n) is 4.05. The molecule has 146 valence electrons. The van der Waals surface area contributed by atoms with Crippen LogP contribution in [0.4, 0.5) is 13.2 Å². The van der Waals surface area contributed by atoms with Crippen molar-refractivity contribution in [1.82, 2.24) is 9.62 Å². The Morgan fingerprint density at radius 2 is 1.92 bits per heavy atom. The van der Waals surface area contributed by atoms with Crippen molar-refractivity contribution in [2.75, 3.05) is 19.6 Å². The lowest BCUT2D eigenvalue weighted by Crippen LogP contribution is -2.48. The molecule has 0 atom stereocenters. The number of hydrogen-bond donors (Lipinski definition) is 2. The van der Waals surface area contributed by atoms with Crippen molar-refractivity contribution in [3.63, 3.8) is 0 Å². The predicted octanol–water partition coefficient (Wildman–Crippen LogP) is 1.78. The van der Waals surface area contributed by atoms with Gasteiger partial charge in [-0.15, -0.1) is 0 Å². The second-order valence-corrected chi connectivity index (χ2v) is 8.62.